The second kappa shape index (κ2) is 11.9. The van der Waals surface area contributed by atoms with Crippen molar-refractivity contribution in [2.24, 2.45) is 4.99 Å². The van der Waals surface area contributed by atoms with Gasteiger partial charge in [-0.1, -0.05) is 86.7 Å². The summed E-state index contributed by atoms with van der Waals surface area (Å²) in [6.07, 6.45) is 2.81. The lowest BCUT2D eigenvalue weighted by molar-refractivity contribution is -0.113. The second-order valence-electron chi connectivity index (χ2n) is 10.1. The Morgan fingerprint density at radius 1 is 1.05 bits per heavy atom. The van der Waals surface area contributed by atoms with E-state index in [1.54, 1.807) is 4.57 Å². The maximum atomic E-state index is 13.9. The first-order chi connectivity index (χ1) is 19.4. The lowest BCUT2D eigenvalue weighted by Gasteiger charge is -2.25. The summed E-state index contributed by atoms with van der Waals surface area (Å²) in [6.45, 7) is 8.85. The van der Waals surface area contributed by atoms with Gasteiger partial charge in [-0.25, -0.2) is 4.99 Å². The number of nitrogens with zero attached hydrogens (tertiary/aromatic N) is 2. The van der Waals surface area contributed by atoms with E-state index in [4.69, 9.17) is 9.73 Å². The maximum Gasteiger partial charge on any atom is 0.271 e. The molecule has 0 spiro atoms. The van der Waals surface area contributed by atoms with Gasteiger partial charge in [0.2, 0.25) is 0 Å². The fourth-order valence-electron chi connectivity index (χ4n) is 4.74. The van der Waals surface area contributed by atoms with Gasteiger partial charge >= 0.3 is 0 Å². The minimum absolute atomic E-state index is 0.175. The fraction of sp³-hybridized carbons (Fsp3) is 0.242. The molecule has 6 nitrogen and oxygen atoms in total. The van der Waals surface area contributed by atoms with Crippen molar-refractivity contribution in [1.29, 1.82) is 0 Å². The standard InChI is InChI=1S/C33H33N3O3S/c1-5-19-39-27-17-11-23(12-18-27)20-28-32(38)36-30(25-15-13-24(14-16-25)21(2)3)29(22(4)34-33(36)40-28)31(37)35-26-9-7-6-8-10-26/h6-18,20-21,30H,5,19H2,1-4H3,(H,35,37)/b28-20-/t30-/m0/s1. The quantitative estimate of drug-likeness (QED) is 0.302. The van der Waals surface area contributed by atoms with E-state index in [2.05, 4.69) is 38.2 Å². The van der Waals surface area contributed by atoms with Gasteiger partial charge < -0.3 is 10.1 Å². The van der Waals surface area contributed by atoms with Gasteiger partial charge in [0, 0.05) is 5.69 Å². The van der Waals surface area contributed by atoms with Crippen molar-refractivity contribution in [3.63, 3.8) is 0 Å². The number of fused-ring (bicyclic) bond motifs is 1. The van der Waals surface area contributed by atoms with Crippen LogP contribution in [0.4, 0.5) is 5.69 Å². The number of benzene rings is 3. The van der Waals surface area contributed by atoms with Gasteiger partial charge in [-0.2, -0.15) is 0 Å². The van der Waals surface area contributed by atoms with Gasteiger partial charge in [0.1, 0.15) is 5.75 Å². The van der Waals surface area contributed by atoms with Crippen LogP contribution in [0.1, 0.15) is 62.8 Å². The van der Waals surface area contributed by atoms with Crippen LogP contribution in [0.25, 0.3) is 6.08 Å². The highest BCUT2D eigenvalue weighted by molar-refractivity contribution is 7.07. The van der Waals surface area contributed by atoms with Crippen molar-refractivity contribution >= 4 is 29.0 Å². The van der Waals surface area contributed by atoms with E-state index >= 15 is 0 Å². The molecule has 1 aromatic heterocycles. The third-order valence-electron chi connectivity index (χ3n) is 6.87. The Bertz CT molecular complexity index is 1710. The van der Waals surface area contributed by atoms with Crippen LogP contribution in [-0.2, 0) is 4.79 Å². The summed E-state index contributed by atoms with van der Waals surface area (Å²) < 4.78 is 7.91. The SMILES string of the molecule is CCCOc1ccc(/C=c2\sc3n(c2=O)[C@@H](c2ccc(C(C)C)cc2)C(C(=O)Nc2ccccc2)=C(C)N=3)cc1. The first-order valence-corrected chi connectivity index (χ1v) is 14.4. The summed E-state index contributed by atoms with van der Waals surface area (Å²) in [5, 5.41) is 3.00. The largest absolute Gasteiger partial charge is 0.494 e. The summed E-state index contributed by atoms with van der Waals surface area (Å²) in [6, 6.07) is 24.6. The molecule has 0 unspecified atom stereocenters. The van der Waals surface area contributed by atoms with Crippen molar-refractivity contribution in [3.8, 4) is 5.75 Å². The molecule has 0 bridgehead atoms. The number of carbonyl (C=O) groups excluding carboxylic acids is 1. The van der Waals surface area contributed by atoms with Gasteiger partial charge in [0.15, 0.2) is 4.80 Å². The Morgan fingerprint density at radius 2 is 1.75 bits per heavy atom. The third kappa shape index (κ3) is 5.70. The zero-order chi connectivity index (χ0) is 28.2. The van der Waals surface area contributed by atoms with E-state index in [9.17, 15) is 9.59 Å². The van der Waals surface area contributed by atoms with Crippen LogP contribution in [-0.4, -0.2) is 17.1 Å². The molecule has 3 aromatic carbocycles. The number of para-hydroxylation sites is 1. The summed E-state index contributed by atoms with van der Waals surface area (Å²) >= 11 is 1.33. The van der Waals surface area contributed by atoms with E-state index in [-0.39, 0.29) is 11.5 Å². The van der Waals surface area contributed by atoms with Crippen LogP contribution < -0.4 is 24.9 Å². The highest BCUT2D eigenvalue weighted by Gasteiger charge is 2.32. The van der Waals surface area contributed by atoms with Gasteiger partial charge in [0.05, 0.1) is 28.5 Å². The predicted molar refractivity (Wildman–Crippen MR) is 162 cm³/mol. The third-order valence-corrected chi connectivity index (χ3v) is 7.85. The van der Waals surface area contributed by atoms with Gasteiger partial charge in [-0.05, 0) is 66.3 Å². The molecule has 0 radical (unpaired) electrons. The van der Waals surface area contributed by atoms with Crippen LogP contribution in [0.15, 0.2) is 99.9 Å². The minimum Gasteiger partial charge on any atom is -0.494 e. The van der Waals surface area contributed by atoms with Crippen molar-refractivity contribution in [2.45, 2.75) is 46.1 Å². The molecule has 1 atom stereocenters. The van der Waals surface area contributed by atoms with E-state index in [1.165, 1.54) is 16.9 Å². The van der Waals surface area contributed by atoms with Gasteiger partial charge in [-0.15, -0.1) is 0 Å². The highest BCUT2D eigenvalue weighted by Crippen LogP contribution is 2.31. The number of amides is 1. The van der Waals surface area contributed by atoms with Crippen LogP contribution >= 0.6 is 11.3 Å². The molecular formula is C33H33N3O3S. The molecule has 2 heterocycles. The number of thiazole rings is 1. The number of rotatable bonds is 8. The molecule has 0 aliphatic carbocycles. The molecule has 0 fully saturated rings. The monoisotopic (exact) mass is 551 g/mol. The molecule has 1 amide bonds. The zero-order valence-electron chi connectivity index (χ0n) is 23.2. The van der Waals surface area contributed by atoms with Gasteiger partial charge in [0.25, 0.3) is 11.5 Å². The van der Waals surface area contributed by atoms with E-state index in [1.807, 2.05) is 79.7 Å². The second-order valence-corrected chi connectivity index (χ2v) is 11.1. The first-order valence-electron chi connectivity index (χ1n) is 13.6. The molecule has 1 aliphatic rings. The number of carbonyl (C=O) groups is 1. The molecule has 0 saturated heterocycles. The van der Waals surface area contributed by atoms with Crippen molar-refractivity contribution in [3.05, 3.63) is 127 Å². The number of hydrogen-bond acceptors (Lipinski definition) is 5. The lowest BCUT2D eigenvalue weighted by Crippen LogP contribution is -2.40. The minimum atomic E-state index is -0.604. The summed E-state index contributed by atoms with van der Waals surface area (Å²) in [5.41, 5.74) is 4.51. The van der Waals surface area contributed by atoms with E-state index < -0.39 is 6.04 Å². The number of allylic oxidation sites excluding steroid dienone is 1. The average molecular weight is 552 g/mol. The van der Waals surface area contributed by atoms with E-state index in [0.717, 1.165) is 23.3 Å². The molecule has 1 aliphatic heterocycles. The molecular weight excluding hydrogens is 518 g/mol. The van der Waals surface area contributed by atoms with Crippen molar-refractivity contribution in [2.75, 3.05) is 11.9 Å². The number of ether oxygens (including phenoxy) is 1. The van der Waals surface area contributed by atoms with Gasteiger partial charge in [-0.3, -0.25) is 14.2 Å². The summed E-state index contributed by atoms with van der Waals surface area (Å²) in [4.78, 5) is 32.9. The molecule has 204 valence electrons. The van der Waals surface area contributed by atoms with Crippen LogP contribution in [0, 0.1) is 0 Å². The molecule has 0 saturated carbocycles. The highest BCUT2D eigenvalue weighted by atomic mass is 32.1. The van der Waals surface area contributed by atoms with E-state index in [0.29, 0.717) is 38.8 Å². The van der Waals surface area contributed by atoms with Crippen molar-refractivity contribution in [1.82, 2.24) is 4.57 Å². The number of nitrogens with one attached hydrogen (secondary N) is 1. The molecule has 4 aromatic rings. The van der Waals surface area contributed by atoms with Crippen LogP contribution in [0.3, 0.4) is 0 Å². The fourth-order valence-corrected chi connectivity index (χ4v) is 5.79. The first kappa shape index (κ1) is 27.3. The Labute approximate surface area is 238 Å². The Morgan fingerprint density at radius 3 is 2.40 bits per heavy atom. The lowest BCUT2D eigenvalue weighted by atomic mass is 9.93. The number of aromatic nitrogens is 1. The Hall–Kier alpha value is -4.23. The summed E-state index contributed by atoms with van der Waals surface area (Å²) in [7, 11) is 0. The zero-order valence-corrected chi connectivity index (χ0v) is 24.0. The number of hydrogen-bond donors (Lipinski definition) is 1. The Balaban J connectivity index is 1.60. The average Bonchev–Trinajstić information content (AvgIpc) is 3.26. The predicted octanol–water partition coefficient (Wildman–Crippen LogP) is 5.79. The maximum absolute atomic E-state index is 13.9. The van der Waals surface area contributed by atoms with Crippen LogP contribution in [0.2, 0.25) is 0 Å². The van der Waals surface area contributed by atoms with Crippen LogP contribution in [0.5, 0.6) is 5.75 Å². The normalized spacial score (nSPS) is 15.1. The molecule has 1 N–H and O–H groups in total. The smallest absolute Gasteiger partial charge is 0.271 e. The van der Waals surface area contributed by atoms with Crippen molar-refractivity contribution < 1.29 is 9.53 Å². The Kier molecular flexibility index (Phi) is 8.12. The summed E-state index contributed by atoms with van der Waals surface area (Å²) in [5.74, 6) is 0.894. The topological polar surface area (TPSA) is 72.7 Å². The molecule has 7 heteroatoms. The molecule has 5 rings (SSSR count). The number of anilines is 1. The molecule has 40 heavy (non-hydrogen) atoms.